The number of alkyl halides is 2. The number of carbonyl (C=O) groups is 1. The standard InChI is InChI=1S/C12H15F2N5OS/c1-8(10-16-5-7-21-10)18-12(20)17-3-2-9-15-4-6-19(9)11(13)14/h4-8,11H,2-3H2,1H3,(H2,17,18,20). The zero-order valence-electron chi connectivity index (χ0n) is 11.3. The summed E-state index contributed by atoms with van der Waals surface area (Å²) in [7, 11) is 0. The van der Waals surface area contributed by atoms with E-state index >= 15 is 0 Å². The van der Waals surface area contributed by atoms with Crippen molar-refractivity contribution in [3.8, 4) is 0 Å². The molecule has 0 aliphatic carbocycles. The van der Waals surface area contributed by atoms with E-state index in [0.29, 0.717) is 0 Å². The molecule has 0 saturated carbocycles. The van der Waals surface area contributed by atoms with E-state index < -0.39 is 6.55 Å². The minimum absolute atomic E-state index is 0.201. The fourth-order valence-electron chi connectivity index (χ4n) is 1.76. The quantitative estimate of drug-likeness (QED) is 0.859. The molecule has 114 valence electrons. The van der Waals surface area contributed by atoms with E-state index in [1.54, 1.807) is 6.20 Å². The molecule has 2 amide bonds. The van der Waals surface area contributed by atoms with E-state index in [4.69, 9.17) is 0 Å². The molecule has 0 bridgehead atoms. The van der Waals surface area contributed by atoms with E-state index in [1.807, 2.05) is 12.3 Å². The van der Waals surface area contributed by atoms with Gasteiger partial charge in [-0.3, -0.25) is 4.57 Å². The van der Waals surface area contributed by atoms with Crippen LogP contribution in [0.15, 0.2) is 24.0 Å². The van der Waals surface area contributed by atoms with Gasteiger partial charge in [-0.05, 0) is 6.92 Å². The van der Waals surface area contributed by atoms with Gasteiger partial charge in [0.05, 0.1) is 6.04 Å². The third-order valence-corrected chi connectivity index (χ3v) is 3.72. The van der Waals surface area contributed by atoms with Gasteiger partial charge >= 0.3 is 12.6 Å². The molecule has 21 heavy (non-hydrogen) atoms. The highest BCUT2D eigenvalue weighted by molar-refractivity contribution is 7.09. The van der Waals surface area contributed by atoms with Crippen molar-refractivity contribution in [3.05, 3.63) is 34.8 Å². The number of nitrogens with zero attached hydrogens (tertiary/aromatic N) is 3. The number of hydrogen-bond donors (Lipinski definition) is 2. The van der Waals surface area contributed by atoms with Crippen LogP contribution >= 0.6 is 11.3 Å². The maximum Gasteiger partial charge on any atom is 0.319 e. The van der Waals surface area contributed by atoms with Crippen LogP contribution in [0.5, 0.6) is 0 Å². The molecule has 2 rings (SSSR count). The number of thiazole rings is 1. The van der Waals surface area contributed by atoms with Crippen LogP contribution in [0, 0.1) is 0 Å². The van der Waals surface area contributed by atoms with Gasteiger partial charge in [0.2, 0.25) is 0 Å². The van der Waals surface area contributed by atoms with Gasteiger partial charge in [0.1, 0.15) is 10.8 Å². The summed E-state index contributed by atoms with van der Waals surface area (Å²) in [5, 5.41) is 7.96. The number of aromatic nitrogens is 3. The molecule has 0 aliphatic heterocycles. The highest BCUT2D eigenvalue weighted by Crippen LogP contribution is 2.14. The Balaban J connectivity index is 1.75. The molecule has 2 N–H and O–H groups in total. The Morgan fingerprint density at radius 1 is 1.43 bits per heavy atom. The maximum absolute atomic E-state index is 12.6. The summed E-state index contributed by atoms with van der Waals surface area (Å²) in [5.74, 6) is 0.235. The lowest BCUT2D eigenvalue weighted by atomic mass is 10.3. The molecule has 2 aromatic rings. The highest BCUT2D eigenvalue weighted by Gasteiger charge is 2.13. The largest absolute Gasteiger partial charge is 0.338 e. The molecule has 0 spiro atoms. The van der Waals surface area contributed by atoms with Gasteiger partial charge in [0, 0.05) is 36.9 Å². The normalized spacial score (nSPS) is 12.4. The minimum atomic E-state index is -2.62. The lowest BCUT2D eigenvalue weighted by molar-refractivity contribution is 0.0670. The number of imidazole rings is 1. The molecule has 9 heteroatoms. The number of hydrogen-bond acceptors (Lipinski definition) is 4. The number of rotatable bonds is 6. The van der Waals surface area contributed by atoms with Crippen LogP contribution in [0.2, 0.25) is 0 Å². The predicted molar refractivity (Wildman–Crippen MR) is 74.2 cm³/mol. The zero-order valence-corrected chi connectivity index (χ0v) is 12.1. The molecule has 0 saturated heterocycles. The number of amides is 2. The summed E-state index contributed by atoms with van der Waals surface area (Å²) in [6, 6.07) is -0.569. The molecule has 0 radical (unpaired) electrons. The van der Waals surface area contributed by atoms with Crippen molar-refractivity contribution in [2.24, 2.45) is 0 Å². The molecular weight excluding hydrogens is 300 g/mol. The fraction of sp³-hybridized carbons (Fsp3) is 0.417. The van der Waals surface area contributed by atoms with Crippen molar-refractivity contribution in [1.82, 2.24) is 25.2 Å². The zero-order chi connectivity index (χ0) is 15.2. The van der Waals surface area contributed by atoms with Crippen molar-refractivity contribution >= 4 is 17.4 Å². The average Bonchev–Trinajstić information content (AvgIpc) is 3.09. The monoisotopic (exact) mass is 315 g/mol. The first-order valence-corrected chi connectivity index (χ1v) is 7.19. The van der Waals surface area contributed by atoms with Crippen LogP contribution in [-0.4, -0.2) is 27.1 Å². The van der Waals surface area contributed by atoms with Gasteiger partial charge in [-0.25, -0.2) is 14.8 Å². The molecule has 6 nitrogen and oxygen atoms in total. The second-order valence-corrected chi connectivity index (χ2v) is 5.20. The molecule has 2 heterocycles. The van der Waals surface area contributed by atoms with Gasteiger partial charge < -0.3 is 10.6 Å². The lowest BCUT2D eigenvalue weighted by Gasteiger charge is -2.12. The first-order chi connectivity index (χ1) is 10.1. The third kappa shape index (κ3) is 4.22. The van der Waals surface area contributed by atoms with Crippen molar-refractivity contribution in [2.45, 2.75) is 25.9 Å². The Labute approximate surface area is 124 Å². The third-order valence-electron chi connectivity index (χ3n) is 2.76. The summed E-state index contributed by atoms with van der Waals surface area (Å²) < 4.78 is 26.0. The Morgan fingerprint density at radius 2 is 2.24 bits per heavy atom. The van der Waals surface area contributed by atoms with Crippen molar-refractivity contribution in [1.29, 1.82) is 0 Å². The molecule has 0 aromatic carbocycles. The van der Waals surface area contributed by atoms with E-state index in [9.17, 15) is 13.6 Å². The SMILES string of the molecule is CC(NC(=O)NCCc1nccn1C(F)F)c1nccs1. The molecule has 1 unspecified atom stereocenters. The average molecular weight is 315 g/mol. The molecule has 0 aliphatic rings. The van der Waals surface area contributed by atoms with Crippen LogP contribution in [-0.2, 0) is 6.42 Å². The molecule has 2 aromatic heterocycles. The van der Waals surface area contributed by atoms with Crippen LogP contribution in [0.3, 0.4) is 0 Å². The summed E-state index contributed by atoms with van der Waals surface area (Å²) in [4.78, 5) is 19.6. The van der Waals surface area contributed by atoms with Gasteiger partial charge in [0.15, 0.2) is 0 Å². The highest BCUT2D eigenvalue weighted by atomic mass is 32.1. The Bertz CT molecular complexity index is 572. The Morgan fingerprint density at radius 3 is 2.90 bits per heavy atom. The van der Waals surface area contributed by atoms with E-state index in [2.05, 4.69) is 20.6 Å². The molecule has 0 fully saturated rings. The number of nitrogens with one attached hydrogen (secondary N) is 2. The van der Waals surface area contributed by atoms with Crippen LogP contribution in [0.1, 0.15) is 30.3 Å². The first kappa shape index (κ1) is 15.4. The van der Waals surface area contributed by atoms with E-state index in [0.717, 1.165) is 9.57 Å². The number of urea groups is 1. The van der Waals surface area contributed by atoms with E-state index in [-0.39, 0.29) is 30.9 Å². The summed E-state index contributed by atoms with van der Waals surface area (Å²) >= 11 is 1.45. The fourth-order valence-corrected chi connectivity index (χ4v) is 2.41. The molecular formula is C12H15F2N5OS. The maximum atomic E-state index is 12.6. The van der Waals surface area contributed by atoms with Crippen LogP contribution in [0.25, 0.3) is 0 Å². The van der Waals surface area contributed by atoms with Crippen LogP contribution in [0.4, 0.5) is 13.6 Å². The summed E-state index contributed by atoms with van der Waals surface area (Å²) in [6.45, 7) is -0.580. The predicted octanol–water partition coefficient (Wildman–Crippen LogP) is 2.34. The summed E-state index contributed by atoms with van der Waals surface area (Å²) in [5.41, 5.74) is 0. The summed E-state index contributed by atoms with van der Waals surface area (Å²) in [6.07, 6.45) is 4.42. The van der Waals surface area contributed by atoms with Crippen molar-refractivity contribution < 1.29 is 13.6 Å². The van der Waals surface area contributed by atoms with Crippen molar-refractivity contribution in [2.75, 3.05) is 6.54 Å². The smallest absolute Gasteiger partial charge is 0.319 e. The topological polar surface area (TPSA) is 71.8 Å². The van der Waals surface area contributed by atoms with Gasteiger partial charge in [-0.1, -0.05) is 0 Å². The Kier molecular flexibility index (Phi) is 5.20. The van der Waals surface area contributed by atoms with Gasteiger partial charge in [0.25, 0.3) is 0 Å². The Hall–Kier alpha value is -2.03. The van der Waals surface area contributed by atoms with Gasteiger partial charge in [-0.15, -0.1) is 11.3 Å². The van der Waals surface area contributed by atoms with E-state index in [1.165, 1.54) is 23.7 Å². The number of carbonyl (C=O) groups excluding carboxylic acids is 1. The number of halogens is 2. The second-order valence-electron chi connectivity index (χ2n) is 4.27. The van der Waals surface area contributed by atoms with Gasteiger partial charge in [-0.2, -0.15) is 8.78 Å². The molecule has 1 atom stereocenters. The first-order valence-electron chi connectivity index (χ1n) is 6.31. The van der Waals surface area contributed by atoms with Crippen LogP contribution < -0.4 is 10.6 Å². The van der Waals surface area contributed by atoms with Crippen molar-refractivity contribution in [3.63, 3.8) is 0 Å². The minimum Gasteiger partial charge on any atom is -0.338 e. The second kappa shape index (κ2) is 7.11. The lowest BCUT2D eigenvalue weighted by Crippen LogP contribution is -2.38.